The highest BCUT2D eigenvalue weighted by molar-refractivity contribution is 5.91. The lowest BCUT2D eigenvalue weighted by Crippen LogP contribution is -2.25. The Balaban J connectivity index is 1.64. The molecule has 0 spiro atoms. The van der Waals surface area contributed by atoms with Gasteiger partial charge in [0.25, 0.3) is 0 Å². The number of halogens is 2. The van der Waals surface area contributed by atoms with Crippen LogP contribution in [0.5, 0.6) is 11.5 Å². The molecule has 2 aliphatic rings. The maximum absolute atomic E-state index is 12.9. The fraction of sp³-hybridized carbons (Fsp3) is 0.357. The van der Waals surface area contributed by atoms with E-state index in [1.54, 1.807) is 0 Å². The molecular weight excluding hydrogens is 268 g/mol. The average molecular weight is 281 g/mol. The van der Waals surface area contributed by atoms with Crippen LogP contribution in [0.4, 0.5) is 14.5 Å². The van der Waals surface area contributed by atoms with Crippen LogP contribution in [0.15, 0.2) is 30.4 Å². The molecule has 1 aromatic rings. The second kappa shape index (κ2) is 4.77. The van der Waals surface area contributed by atoms with Gasteiger partial charge in [-0.05, 0) is 30.9 Å². The van der Waals surface area contributed by atoms with Gasteiger partial charge in [-0.1, -0.05) is 12.2 Å². The molecule has 0 saturated heterocycles. The summed E-state index contributed by atoms with van der Waals surface area (Å²) in [6.45, 7) is 0. The Bertz CT molecular complexity index is 572. The monoisotopic (exact) mass is 281 g/mol. The molecule has 1 aliphatic carbocycles. The van der Waals surface area contributed by atoms with E-state index in [0.29, 0.717) is 12.1 Å². The van der Waals surface area contributed by atoms with E-state index < -0.39 is 6.29 Å². The van der Waals surface area contributed by atoms with E-state index in [-0.39, 0.29) is 23.3 Å². The summed E-state index contributed by atoms with van der Waals surface area (Å²) in [7, 11) is 0. The summed E-state index contributed by atoms with van der Waals surface area (Å²) in [5.41, 5.74) is 0.414. The number of allylic oxidation sites excluding steroid dienone is 2. The lowest BCUT2D eigenvalue weighted by Gasteiger charge is -2.09. The maximum atomic E-state index is 12.9. The van der Waals surface area contributed by atoms with Crippen molar-refractivity contribution < 1.29 is 23.0 Å². The summed E-state index contributed by atoms with van der Waals surface area (Å²) in [5.74, 6) is 0.000747. The maximum Gasteiger partial charge on any atom is 0.586 e. The van der Waals surface area contributed by atoms with Gasteiger partial charge in [0.1, 0.15) is 0 Å². The third-order valence-corrected chi connectivity index (χ3v) is 3.24. The van der Waals surface area contributed by atoms with E-state index in [0.717, 1.165) is 12.8 Å². The first-order valence-electron chi connectivity index (χ1n) is 6.38. The number of fused-ring (bicyclic) bond motifs is 1. The van der Waals surface area contributed by atoms with E-state index in [9.17, 15) is 13.6 Å². The Morgan fingerprint density at radius 3 is 2.90 bits per heavy atom. The number of hydrogen-bond donors (Lipinski definition) is 1. The SMILES string of the molecule is O=C(C[C@H]1C=CCC1)Nc1ccc2c(c1)OC(F)(F)O2. The predicted molar refractivity (Wildman–Crippen MR) is 67.8 cm³/mol. The van der Waals surface area contributed by atoms with E-state index in [1.165, 1.54) is 18.2 Å². The third kappa shape index (κ3) is 2.74. The van der Waals surface area contributed by atoms with Gasteiger partial charge in [-0.3, -0.25) is 4.79 Å². The fourth-order valence-corrected chi connectivity index (χ4v) is 2.34. The summed E-state index contributed by atoms with van der Waals surface area (Å²) < 4.78 is 34.3. The van der Waals surface area contributed by atoms with Gasteiger partial charge in [0.2, 0.25) is 5.91 Å². The summed E-state index contributed by atoms with van der Waals surface area (Å²) in [4.78, 5) is 11.8. The molecular formula is C14H13F2NO3. The van der Waals surface area contributed by atoms with Crippen LogP contribution in [0.25, 0.3) is 0 Å². The molecule has 106 valence electrons. The number of anilines is 1. The summed E-state index contributed by atoms with van der Waals surface area (Å²) in [5, 5.41) is 2.67. The number of benzene rings is 1. The molecule has 0 saturated carbocycles. The van der Waals surface area contributed by atoms with Gasteiger partial charge < -0.3 is 14.8 Å². The molecule has 0 radical (unpaired) electrons. The Hall–Kier alpha value is -2.11. The number of rotatable bonds is 3. The van der Waals surface area contributed by atoms with Crippen molar-refractivity contribution in [1.82, 2.24) is 0 Å². The van der Waals surface area contributed by atoms with Crippen LogP contribution in [-0.2, 0) is 4.79 Å². The van der Waals surface area contributed by atoms with Gasteiger partial charge in [-0.2, -0.15) is 0 Å². The number of carbonyl (C=O) groups excluding carboxylic acids is 1. The minimum Gasteiger partial charge on any atom is -0.395 e. The van der Waals surface area contributed by atoms with Gasteiger partial charge >= 0.3 is 6.29 Å². The highest BCUT2D eigenvalue weighted by Gasteiger charge is 2.43. The summed E-state index contributed by atoms with van der Waals surface area (Å²) in [6.07, 6.45) is 2.80. The van der Waals surface area contributed by atoms with Crippen LogP contribution in [0.1, 0.15) is 19.3 Å². The Labute approximate surface area is 114 Å². The van der Waals surface area contributed by atoms with E-state index in [1.807, 2.05) is 6.08 Å². The fourth-order valence-electron chi connectivity index (χ4n) is 2.34. The van der Waals surface area contributed by atoms with Crippen LogP contribution in [-0.4, -0.2) is 12.2 Å². The average Bonchev–Trinajstić information content (AvgIpc) is 2.94. The molecule has 20 heavy (non-hydrogen) atoms. The van der Waals surface area contributed by atoms with Crippen molar-refractivity contribution in [2.75, 3.05) is 5.32 Å². The molecule has 6 heteroatoms. The molecule has 0 bridgehead atoms. The number of alkyl halides is 2. The number of nitrogens with one attached hydrogen (secondary N) is 1. The predicted octanol–water partition coefficient (Wildman–Crippen LogP) is 3.30. The molecule has 0 aromatic heterocycles. The molecule has 1 heterocycles. The first-order valence-corrected chi connectivity index (χ1v) is 6.38. The molecule has 0 unspecified atom stereocenters. The lowest BCUT2D eigenvalue weighted by atomic mass is 10.1. The molecule has 1 atom stereocenters. The normalized spacial score (nSPS) is 22.0. The lowest BCUT2D eigenvalue weighted by molar-refractivity contribution is -0.286. The third-order valence-electron chi connectivity index (χ3n) is 3.24. The quantitative estimate of drug-likeness (QED) is 0.865. The molecule has 3 rings (SSSR count). The largest absolute Gasteiger partial charge is 0.586 e. The zero-order valence-corrected chi connectivity index (χ0v) is 10.6. The summed E-state index contributed by atoms with van der Waals surface area (Å²) >= 11 is 0. The smallest absolute Gasteiger partial charge is 0.395 e. The van der Waals surface area contributed by atoms with Crippen molar-refractivity contribution in [1.29, 1.82) is 0 Å². The molecule has 1 aromatic carbocycles. The van der Waals surface area contributed by atoms with E-state index >= 15 is 0 Å². The Morgan fingerprint density at radius 2 is 2.15 bits per heavy atom. The molecule has 1 N–H and O–H groups in total. The molecule has 4 nitrogen and oxygen atoms in total. The van der Waals surface area contributed by atoms with Crippen LogP contribution in [0.2, 0.25) is 0 Å². The zero-order chi connectivity index (χ0) is 14.2. The molecule has 0 fully saturated rings. The van der Waals surface area contributed by atoms with Crippen LogP contribution >= 0.6 is 0 Å². The second-order valence-electron chi connectivity index (χ2n) is 4.85. The number of amides is 1. The van der Waals surface area contributed by atoms with Gasteiger partial charge in [-0.15, -0.1) is 8.78 Å². The van der Waals surface area contributed by atoms with Gasteiger partial charge in [0, 0.05) is 18.2 Å². The van der Waals surface area contributed by atoms with Crippen molar-refractivity contribution in [2.24, 2.45) is 5.92 Å². The van der Waals surface area contributed by atoms with Crippen molar-refractivity contribution in [3.8, 4) is 11.5 Å². The molecule has 1 amide bonds. The first-order chi connectivity index (χ1) is 9.52. The minimum absolute atomic E-state index is 0.0354. The van der Waals surface area contributed by atoms with Gasteiger partial charge in [0.05, 0.1) is 0 Å². The highest BCUT2D eigenvalue weighted by Crippen LogP contribution is 2.42. The highest BCUT2D eigenvalue weighted by atomic mass is 19.3. The molecule has 1 aliphatic heterocycles. The van der Waals surface area contributed by atoms with Crippen molar-refractivity contribution in [3.63, 3.8) is 0 Å². The Kier molecular flexibility index (Phi) is 3.08. The second-order valence-corrected chi connectivity index (χ2v) is 4.85. The minimum atomic E-state index is -3.64. The van der Waals surface area contributed by atoms with Crippen LogP contribution in [0, 0.1) is 5.92 Å². The first kappa shape index (κ1) is 12.9. The number of ether oxygens (including phenoxy) is 2. The van der Waals surface area contributed by atoms with Crippen molar-refractivity contribution in [3.05, 3.63) is 30.4 Å². The number of hydrogen-bond acceptors (Lipinski definition) is 3. The van der Waals surface area contributed by atoms with Crippen molar-refractivity contribution >= 4 is 11.6 Å². The Morgan fingerprint density at radius 1 is 1.35 bits per heavy atom. The topological polar surface area (TPSA) is 47.6 Å². The van der Waals surface area contributed by atoms with Gasteiger partial charge in [-0.25, -0.2) is 0 Å². The zero-order valence-electron chi connectivity index (χ0n) is 10.6. The van der Waals surface area contributed by atoms with E-state index in [4.69, 9.17) is 0 Å². The van der Waals surface area contributed by atoms with E-state index in [2.05, 4.69) is 20.9 Å². The summed E-state index contributed by atoms with van der Waals surface area (Å²) in [6, 6.07) is 4.19. The van der Waals surface area contributed by atoms with Crippen LogP contribution < -0.4 is 14.8 Å². The number of carbonyl (C=O) groups is 1. The van der Waals surface area contributed by atoms with Crippen molar-refractivity contribution in [2.45, 2.75) is 25.6 Å². The standard InChI is InChI=1S/C14H13F2NO3/c15-14(16)19-11-6-5-10(8-12(11)20-14)17-13(18)7-9-3-1-2-4-9/h1,3,5-6,8-9H,2,4,7H2,(H,17,18)/t9-/m0/s1. The van der Waals surface area contributed by atoms with Crippen LogP contribution in [0.3, 0.4) is 0 Å². The van der Waals surface area contributed by atoms with Gasteiger partial charge in [0.15, 0.2) is 11.5 Å².